The lowest BCUT2D eigenvalue weighted by Gasteiger charge is -2.10. The lowest BCUT2D eigenvalue weighted by molar-refractivity contribution is 0.372. The van der Waals surface area contributed by atoms with Crippen LogP contribution in [0.2, 0.25) is 0 Å². The Hall–Kier alpha value is -1.23. The number of hydrogen-bond acceptors (Lipinski definition) is 6. The van der Waals surface area contributed by atoms with Crippen LogP contribution in [-0.2, 0) is 19.3 Å². The first kappa shape index (κ1) is 21.8. The van der Waals surface area contributed by atoms with Crippen LogP contribution < -0.4 is 10.6 Å². The molecule has 2 aromatic heterocycles. The van der Waals surface area contributed by atoms with Crippen LogP contribution in [0.4, 0.5) is 0 Å². The van der Waals surface area contributed by atoms with Gasteiger partial charge in [0.1, 0.15) is 0 Å². The summed E-state index contributed by atoms with van der Waals surface area (Å²) in [6.07, 6.45) is 5.57. The number of nitrogens with zero attached hydrogens (tertiary/aromatic N) is 4. The second-order valence-electron chi connectivity index (χ2n) is 5.35. The van der Waals surface area contributed by atoms with Gasteiger partial charge in [0.05, 0.1) is 5.01 Å². The summed E-state index contributed by atoms with van der Waals surface area (Å²) < 4.78 is 5.10. The minimum atomic E-state index is 0. The monoisotopic (exact) mass is 478 g/mol. The maximum atomic E-state index is 5.10. The molecular weight excluding hydrogens is 451 g/mol. The van der Waals surface area contributed by atoms with Crippen molar-refractivity contribution in [2.45, 2.75) is 46.5 Å². The zero-order valence-corrected chi connectivity index (χ0v) is 18.2. The Balaban J connectivity index is 0.00000312. The van der Waals surface area contributed by atoms with Crippen LogP contribution >= 0.6 is 35.3 Å². The summed E-state index contributed by atoms with van der Waals surface area (Å²) in [6, 6.07) is 0. The topological polar surface area (TPSA) is 88.2 Å². The standard InChI is InChI=1S/C16H26N6OS.HI/c1-4-13-11-20-15(24-13)8-10-19-16(17-5-2)18-9-6-7-14-21-12(3)22-23-14;/h11H,4-10H2,1-3H3,(H2,17,18,19);1H. The molecule has 2 heterocycles. The highest BCUT2D eigenvalue weighted by Crippen LogP contribution is 2.13. The Morgan fingerprint density at radius 2 is 2.12 bits per heavy atom. The summed E-state index contributed by atoms with van der Waals surface area (Å²) in [5, 5.41) is 11.6. The summed E-state index contributed by atoms with van der Waals surface area (Å²) in [6.45, 7) is 8.42. The lowest BCUT2D eigenvalue weighted by atomic mass is 10.3. The molecule has 2 N–H and O–H groups in total. The van der Waals surface area contributed by atoms with Gasteiger partial charge in [-0.25, -0.2) is 4.98 Å². The van der Waals surface area contributed by atoms with Crippen LogP contribution in [0.15, 0.2) is 15.7 Å². The van der Waals surface area contributed by atoms with Gasteiger partial charge >= 0.3 is 0 Å². The first-order valence-corrected chi connectivity index (χ1v) is 9.27. The molecule has 2 aromatic rings. The molecule has 0 saturated carbocycles. The van der Waals surface area contributed by atoms with E-state index in [4.69, 9.17) is 4.52 Å². The molecule has 0 amide bonds. The van der Waals surface area contributed by atoms with Crippen molar-refractivity contribution in [3.05, 3.63) is 27.8 Å². The normalized spacial score (nSPS) is 11.2. The molecule has 0 atom stereocenters. The minimum Gasteiger partial charge on any atom is -0.357 e. The molecule has 0 aliphatic carbocycles. The number of rotatable bonds is 9. The Kier molecular flexibility index (Phi) is 10.6. The van der Waals surface area contributed by atoms with Crippen LogP contribution in [0.25, 0.3) is 0 Å². The number of nitrogens with one attached hydrogen (secondary N) is 2. The third kappa shape index (κ3) is 8.13. The molecule has 0 aliphatic rings. The van der Waals surface area contributed by atoms with E-state index in [0.29, 0.717) is 18.3 Å². The van der Waals surface area contributed by atoms with E-state index in [2.05, 4.69) is 44.6 Å². The third-order valence-corrected chi connectivity index (χ3v) is 4.52. The maximum Gasteiger partial charge on any atom is 0.226 e. The highest BCUT2D eigenvalue weighted by molar-refractivity contribution is 14.0. The van der Waals surface area contributed by atoms with Crippen LogP contribution in [0, 0.1) is 6.92 Å². The molecule has 0 spiro atoms. The van der Waals surface area contributed by atoms with Crippen LogP contribution in [0.1, 0.15) is 41.9 Å². The van der Waals surface area contributed by atoms with Gasteiger partial charge in [-0.15, -0.1) is 35.3 Å². The number of guanidine groups is 1. The second kappa shape index (κ2) is 12.2. The fraction of sp³-hybridized carbons (Fsp3) is 0.625. The number of hydrogen-bond donors (Lipinski definition) is 2. The van der Waals surface area contributed by atoms with Crippen molar-refractivity contribution in [3.8, 4) is 0 Å². The van der Waals surface area contributed by atoms with E-state index in [1.165, 1.54) is 9.88 Å². The molecule has 25 heavy (non-hydrogen) atoms. The highest BCUT2D eigenvalue weighted by atomic mass is 127. The summed E-state index contributed by atoms with van der Waals surface area (Å²) in [5.74, 6) is 2.19. The van der Waals surface area contributed by atoms with Gasteiger partial charge in [-0.1, -0.05) is 12.1 Å². The molecule has 0 bridgehead atoms. The average Bonchev–Trinajstić information content (AvgIpc) is 3.20. The van der Waals surface area contributed by atoms with Crippen LogP contribution in [0.5, 0.6) is 0 Å². The summed E-state index contributed by atoms with van der Waals surface area (Å²) >= 11 is 1.78. The SMILES string of the molecule is CCNC(=NCCCc1nc(C)no1)NCCc1ncc(CC)s1.I. The predicted octanol–water partition coefficient (Wildman–Crippen LogP) is 2.75. The van der Waals surface area contributed by atoms with E-state index >= 15 is 0 Å². The number of aromatic nitrogens is 3. The van der Waals surface area contributed by atoms with Crippen LogP contribution in [0.3, 0.4) is 0 Å². The molecule has 0 aliphatic heterocycles. The smallest absolute Gasteiger partial charge is 0.226 e. The predicted molar refractivity (Wildman–Crippen MR) is 112 cm³/mol. The van der Waals surface area contributed by atoms with E-state index < -0.39 is 0 Å². The number of halogens is 1. The van der Waals surface area contributed by atoms with Crippen molar-refractivity contribution in [3.63, 3.8) is 0 Å². The maximum absolute atomic E-state index is 5.10. The fourth-order valence-corrected chi connectivity index (χ4v) is 2.98. The molecule has 140 valence electrons. The van der Waals surface area contributed by atoms with Gasteiger partial charge in [-0.2, -0.15) is 4.98 Å². The minimum absolute atomic E-state index is 0. The van der Waals surface area contributed by atoms with Crippen molar-refractivity contribution in [1.29, 1.82) is 0 Å². The van der Waals surface area contributed by atoms with E-state index in [9.17, 15) is 0 Å². The van der Waals surface area contributed by atoms with Gasteiger partial charge in [0, 0.05) is 43.5 Å². The van der Waals surface area contributed by atoms with E-state index in [1.54, 1.807) is 11.3 Å². The van der Waals surface area contributed by atoms with Gasteiger partial charge in [-0.05, 0) is 26.7 Å². The zero-order valence-electron chi connectivity index (χ0n) is 15.0. The number of aliphatic imine (C=N–C) groups is 1. The number of aryl methyl sites for hydroxylation is 3. The summed E-state index contributed by atoms with van der Waals surface area (Å²) in [5.41, 5.74) is 0. The van der Waals surface area contributed by atoms with Gasteiger partial charge in [0.15, 0.2) is 11.8 Å². The molecule has 0 radical (unpaired) electrons. The first-order valence-electron chi connectivity index (χ1n) is 8.46. The highest BCUT2D eigenvalue weighted by Gasteiger charge is 2.03. The molecule has 2 rings (SSSR count). The molecule has 0 unspecified atom stereocenters. The molecule has 0 saturated heterocycles. The molecule has 0 aromatic carbocycles. The first-order chi connectivity index (χ1) is 11.7. The Morgan fingerprint density at radius 1 is 1.28 bits per heavy atom. The largest absolute Gasteiger partial charge is 0.357 e. The van der Waals surface area contributed by atoms with Crippen molar-refractivity contribution in [2.75, 3.05) is 19.6 Å². The Bertz CT molecular complexity index is 642. The summed E-state index contributed by atoms with van der Waals surface area (Å²) in [4.78, 5) is 14.5. The fourth-order valence-electron chi connectivity index (χ4n) is 2.12. The van der Waals surface area contributed by atoms with Gasteiger partial charge in [0.25, 0.3) is 0 Å². The quantitative estimate of drug-likeness (QED) is 0.250. The van der Waals surface area contributed by atoms with Crippen molar-refractivity contribution in [1.82, 2.24) is 25.8 Å². The molecule has 0 fully saturated rings. The number of thiazole rings is 1. The van der Waals surface area contributed by atoms with E-state index in [-0.39, 0.29) is 24.0 Å². The van der Waals surface area contributed by atoms with Gasteiger partial charge < -0.3 is 15.2 Å². The van der Waals surface area contributed by atoms with Crippen molar-refractivity contribution < 1.29 is 4.52 Å². The molecular formula is C16H27IN6OS. The lowest BCUT2D eigenvalue weighted by Crippen LogP contribution is -2.38. The Labute approximate surface area is 170 Å². The van der Waals surface area contributed by atoms with Gasteiger partial charge in [0.2, 0.25) is 5.89 Å². The second-order valence-corrected chi connectivity index (χ2v) is 6.55. The molecule has 9 heteroatoms. The molecule has 7 nitrogen and oxygen atoms in total. The average molecular weight is 478 g/mol. The van der Waals surface area contributed by atoms with Crippen LogP contribution in [-0.4, -0.2) is 40.7 Å². The van der Waals surface area contributed by atoms with E-state index in [1.807, 2.05) is 13.1 Å². The third-order valence-electron chi connectivity index (χ3n) is 3.31. The van der Waals surface area contributed by atoms with Gasteiger partial charge in [-0.3, -0.25) is 4.99 Å². The van der Waals surface area contributed by atoms with Crippen molar-refractivity contribution in [2.24, 2.45) is 4.99 Å². The zero-order chi connectivity index (χ0) is 17.2. The summed E-state index contributed by atoms with van der Waals surface area (Å²) in [7, 11) is 0. The van der Waals surface area contributed by atoms with Crippen molar-refractivity contribution >= 4 is 41.3 Å². The Morgan fingerprint density at radius 3 is 2.76 bits per heavy atom. The van der Waals surface area contributed by atoms with E-state index in [0.717, 1.165) is 44.7 Å².